The van der Waals surface area contributed by atoms with Gasteiger partial charge in [-0.15, -0.1) is 0 Å². The molecule has 1 atom stereocenters. The molecule has 2 aromatic rings. The van der Waals surface area contributed by atoms with Crippen molar-refractivity contribution in [2.75, 3.05) is 5.32 Å². The molecular weight excluding hydrogens is 342 g/mol. The molecule has 1 heterocycles. The molecule has 0 aromatic heterocycles. The fraction of sp³-hybridized carbons (Fsp3) is 0.176. The summed E-state index contributed by atoms with van der Waals surface area (Å²) in [6, 6.07) is 13.3. The molecule has 1 aliphatic heterocycles. The number of nitrogens with zero attached hydrogens (tertiary/aromatic N) is 2. The van der Waals surface area contributed by atoms with Gasteiger partial charge in [-0.25, -0.2) is 0 Å². The number of non-ortho nitro benzene ring substituents is 1. The maximum absolute atomic E-state index is 12.5. The molecule has 1 fully saturated rings. The van der Waals surface area contributed by atoms with Crippen molar-refractivity contribution in [1.82, 2.24) is 4.90 Å². The van der Waals surface area contributed by atoms with Crippen LogP contribution in [0.15, 0.2) is 48.5 Å². The highest BCUT2D eigenvalue weighted by molar-refractivity contribution is 8.15. The summed E-state index contributed by atoms with van der Waals surface area (Å²) in [7, 11) is 0. The Hall–Kier alpha value is -2.87. The summed E-state index contributed by atoms with van der Waals surface area (Å²) >= 11 is 0.931. The summed E-state index contributed by atoms with van der Waals surface area (Å²) in [6.07, 6.45) is 0. The number of thioether (sulfide) groups is 1. The molecule has 0 aliphatic carbocycles. The van der Waals surface area contributed by atoms with Crippen LogP contribution in [0.4, 0.5) is 16.2 Å². The number of carbonyl (C=O) groups excluding carboxylic acids is 2. The number of amides is 2. The SMILES string of the molecule is Cc1ccccc1NC1SC(=O)N(Cc2ccc([N+](=O)[O-])cc2)C1=O. The van der Waals surface area contributed by atoms with Gasteiger partial charge in [0.2, 0.25) is 0 Å². The molecule has 0 bridgehead atoms. The van der Waals surface area contributed by atoms with Gasteiger partial charge in [0, 0.05) is 17.8 Å². The lowest BCUT2D eigenvalue weighted by Crippen LogP contribution is -2.34. The van der Waals surface area contributed by atoms with E-state index >= 15 is 0 Å². The first-order valence-corrected chi connectivity index (χ1v) is 8.41. The summed E-state index contributed by atoms with van der Waals surface area (Å²) in [5.74, 6) is -0.323. The van der Waals surface area contributed by atoms with Crippen molar-refractivity contribution in [3.8, 4) is 0 Å². The first-order valence-electron chi connectivity index (χ1n) is 7.53. The Morgan fingerprint density at radius 3 is 2.48 bits per heavy atom. The quantitative estimate of drug-likeness (QED) is 0.650. The Balaban J connectivity index is 1.71. The van der Waals surface area contributed by atoms with Crippen LogP contribution in [0.25, 0.3) is 0 Å². The summed E-state index contributed by atoms with van der Waals surface area (Å²) < 4.78 is 0. The number of nitrogens with one attached hydrogen (secondary N) is 1. The zero-order valence-corrected chi connectivity index (χ0v) is 14.2. The van der Waals surface area contributed by atoms with Crippen LogP contribution in [0.1, 0.15) is 11.1 Å². The fourth-order valence-electron chi connectivity index (χ4n) is 2.46. The lowest BCUT2D eigenvalue weighted by atomic mass is 10.2. The van der Waals surface area contributed by atoms with Gasteiger partial charge in [-0.3, -0.25) is 24.6 Å². The topological polar surface area (TPSA) is 92.6 Å². The minimum atomic E-state index is -0.674. The molecule has 1 saturated heterocycles. The number of aryl methyl sites for hydroxylation is 1. The summed E-state index contributed by atoms with van der Waals surface area (Å²) in [5.41, 5.74) is 2.41. The number of hydrogen-bond acceptors (Lipinski definition) is 6. The molecular formula is C17H15N3O4S. The van der Waals surface area contributed by atoms with Crippen molar-refractivity contribution < 1.29 is 14.5 Å². The number of hydrogen-bond donors (Lipinski definition) is 1. The van der Waals surface area contributed by atoms with E-state index in [1.54, 1.807) is 12.1 Å². The van der Waals surface area contributed by atoms with E-state index in [0.29, 0.717) is 5.56 Å². The van der Waals surface area contributed by atoms with Gasteiger partial charge in [0.15, 0.2) is 5.37 Å². The monoisotopic (exact) mass is 357 g/mol. The lowest BCUT2D eigenvalue weighted by molar-refractivity contribution is -0.384. The van der Waals surface area contributed by atoms with E-state index < -0.39 is 10.3 Å². The highest BCUT2D eigenvalue weighted by Gasteiger charge is 2.39. The van der Waals surface area contributed by atoms with Crippen molar-refractivity contribution in [3.05, 3.63) is 69.8 Å². The standard InChI is InChI=1S/C17H15N3O4S/c1-11-4-2-3-5-14(11)18-15-16(21)19(17(22)25-15)10-12-6-8-13(9-7-12)20(23)24/h2-9,15,18H,10H2,1H3. The first-order chi connectivity index (χ1) is 12.0. The largest absolute Gasteiger partial charge is 0.365 e. The van der Waals surface area contributed by atoms with E-state index in [1.165, 1.54) is 12.1 Å². The van der Waals surface area contributed by atoms with Crippen molar-refractivity contribution in [2.24, 2.45) is 0 Å². The normalized spacial score (nSPS) is 17.0. The van der Waals surface area contributed by atoms with E-state index in [4.69, 9.17) is 0 Å². The van der Waals surface area contributed by atoms with Crippen LogP contribution < -0.4 is 5.32 Å². The highest BCUT2D eigenvalue weighted by Crippen LogP contribution is 2.30. The third-order valence-electron chi connectivity index (χ3n) is 3.85. The van der Waals surface area contributed by atoms with Crippen LogP contribution in [-0.2, 0) is 11.3 Å². The zero-order chi connectivity index (χ0) is 18.0. The van der Waals surface area contributed by atoms with Gasteiger partial charge in [0.05, 0.1) is 11.5 Å². The Morgan fingerprint density at radius 2 is 1.84 bits per heavy atom. The van der Waals surface area contributed by atoms with Crippen molar-refractivity contribution >= 4 is 34.3 Å². The van der Waals surface area contributed by atoms with Crippen LogP contribution in [0.5, 0.6) is 0 Å². The lowest BCUT2D eigenvalue weighted by Gasteiger charge is -2.15. The van der Waals surface area contributed by atoms with Crippen molar-refractivity contribution in [2.45, 2.75) is 18.8 Å². The molecule has 0 saturated carbocycles. The van der Waals surface area contributed by atoms with E-state index in [2.05, 4.69) is 5.32 Å². The number of para-hydroxylation sites is 1. The molecule has 7 nitrogen and oxygen atoms in total. The van der Waals surface area contributed by atoms with Gasteiger partial charge in [0.25, 0.3) is 16.8 Å². The number of nitro groups is 1. The molecule has 0 spiro atoms. The Morgan fingerprint density at radius 1 is 1.16 bits per heavy atom. The predicted octanol–water partition coefficient (Wildman–Crippen LogP) is 3.54. The molecule has 8 heteroatoms. The number of imide groups is 1. The number of rotatable bonds is 5. The van der Waals surface area contributed by atoms with Gasteiger partial charge < -0.3 is 5.32 Å². The molecule has 1 unspecified atom stereocenters. The van der Waals surface area contributed by atoms with Gasteiger partial charge in [-0.2, -0.15) is 0 Å². The predicted molar refractivity (Wildman–Crippen MR) is 95.2 cm³/mol. The van der Waals surface area contributed by atoms with Crippen LogP contribution in [0, 0.1) is 17.0 Å². The molecule has 3 rings (SSSR count). The van der Waals surface area contributed by atoms with E-state index in [0.717, 1.165) is 27.9 Å². The van der Waals surface area contributed by atoms with Crippen molar-refractivity contribution in [1.29, 1.82) is 0 Å². The summed E-state index contributed by atoms with van der Waals surface area (Å²) in [4.78, 5) is 36.0. The molecule has 2 amide bonds. The number of carbonyl (C=O) groups is 2. The molecule has 1 aliphatic rings. The smallest absolute Gasteiger partial charge is 0.291 e. The maximum Gasteiger partial charge on any atom is 0.291 e. The molecule has 0 radical (unpaired) electrons. The minimum Gasteiger partial charge on any atom is -0.365 e. The average molecular weight is 357 g/mol. The second-order valence-electron chi connectivity index (χ2n) is 5.57. The van der Waals surface area contributed by atoms with E-state index in [1.807, 2.05) is 31.2 Å². The van der Waals surface area contributed by atoms with Crippen LogP contribution >= 0.6 is 11.8 Å². The van der Waals surface area contributed by atoms with Gasteiger partial charge in [-0.1, -0.05) is 30.3 Å². The molecule has 2 aromatic carbocycles. The second kappa shape index (κ2) is 6.94. The van der Waals surface area contributed by atoms with Crippen LogP contribution in [-0.4, -0.2) is 26.3 Å². The van der Waals surface area contributed by atoms with E-state index in [9.17, 15) is 19.7 Å². The number of anilines is 1. The molecule has 1 N–H and O–H groups in total. The fourth-order valence-corrected chi connectivity index (χ4v) is 3.36. The molecule has 25 heavy (non-hydrogen) atoms. The third kappa shape index (κ3) is 3.63. The van der Waals surface area contributed by atoms with Crippen molar-refractivity contribution in [3.63, 3.8) is 0 Å². The van der Waals surface area contributed by atoms with Crippen LogP contribution in [0.2, 0.25) is 0 Å². The maximum atomic E-state index is 12.5. The molecule has 128 valence electrons. The second-order valence-corrected chi connectivity index (χ2v) is 6.63. The Labute approximate surface area is 148 Å². The average Bonchev–Trinajstić information content (AvgIpc) is 2.85. The van der Waals surface area contributed by atoms with Gasteiger partial charge >= 0.3 is 0 Å². The third-order valence-corrected chi connectivity index (χ3v) is 4.83. The number of benzene rings is 2. The summed E-state index contributed by atoms with van der Waals surface area (Å²) in [5, 5.41) is 12.8. The van der Waals surface area contributed by atoms with Gasteiger partial charge in [-0.05, 0) is 35.9 Å². The first kappa shape index (κ1) is 17.0. The summed E-state index contributed by atoms with van der Waals surface area (Å²) in [6.45, 7) is 2.01. The van der Waals surface area contributed by atoms with Gasteiger partial charge in [0.1, 0.15) is 0 Å². The van der Waals surface area contributed by atoms with E-state index in [-0.39, 0.29) is 23.4 Å². The Bertz CT molecular complexity index is 838. The minimum absolute atomic E-state index is 0.0312. The number of nitro benzene ring substituents is 1. The van der Waals surface area contributed by atoms with Crippen LogP contribution in [0.3, 0.4) is 0 Å². The Kier molecular flexibility index (Phi) is 4.71. The zero-order valence-electron chi connectivity index (χ0n) is 13.3. The highest BCUT2D eigenvalue weighted by atomic mass is 32.2.